The van der Waals surface area contributed by atoms with Crippen LogP contribution in [-0.2, 0) is 4.79 Å². The number of rotatable bonds is 3. The lowest BCUT2D eigenvalue weighted by Crippen LogP contribution is -2.53. The standard InChI is InChI=1S/C17H25NO2/c1-12-6-5-7-14(8-12)18-17(15(19)20)10-13(2)9-16(3,4)11-17/h5-8,13,18H,9-11H2,1-4H3,(H,19,20). The van der Waals surface area contributed by atoms with Gasteiger partial charge in [-0.3, -0.25) is 0 Å². The summed E-state index contributed by atoms with van der Waals surface area (Å²) in [6.45, 7) is 8.50. The maximum Gasteiger partial charge on any atom is 0.329 e. The number of benzene rings is 1. The lowest BCUT2D eigenvalue weighted by Gasteiger charge is -2.46. The first kappa shape index (κ1) is 14.9. The number of aryl methyl sites for hydroxylation is 1. The minimum atomic E-state index is -0.852. The van der Waals surface area contributed by atoms with Crippen LogP contribution in [0.1, 0.15) is 45.6 Å². The molecule has 1 aliphatic rings. The number of hydrogen-bond donors (Lipinski definition) is 2. The number of carboxylic acid groups (broad SMARTS) is 1. The molecule has 3 heteroatoms. The van der Waals surface area contributed by atoms with E-state index in [9.17, 15) is 9.90 Å². The van der Waals surface area contributed by atoms with Crippen LogP contribution < -0.4 is 5.32 Å². The van der Waals surface area contributed by atoms with Gasteiger partial charge in [0.1, 0.15) is 5.54 Å². The van der Waals surface area contributed by atoms with Crippen molar-refractivity contribution in [1.29, 1.82) is 0 Å². The zero-order chi connectivity index (χ0) is 15.0. The molecule has 1 saturated carbocycles. The Morgan fingerprint density at radius 3 is 2.60 bits per heavy atom. The molecule has 20 heavy (non-hydrogen) atoms. The summed E-state index contributed by atoms with van der Waals surface area (Å²) in [5.41, 5.74) is 1.23. The summed E-state index contributed by atoms with van der Waals surface area (Å²) < 4.78 is 0. The summed E-state index contributed by atoms with van der Waals surface area (Å²) in [7, 11) is 0. The second kappa shape index (κ2) is 5.12. The third-order valence-corrected chi connectivity index (χ3v) is 4.19. The Morgan fingerprint density at radius 1 is 1.35 bits per heavy atom. The Morgan fingerprint density at radius 2 is 2.05 bits per heavy atom. The van der Waals surface area contributed by atoms with E-state index in [1.807, 2.05) is 31.2 Å². The van der Waals surface area contributed by atoms with Gasteiger partial charge in [0.2, 0.25) is 0 Å². The number of nitrogens with one attached hydrogen (secondary N) is 1. The van der Waals surface area contributed by atoms with E-state index in [2.05, 4.69) is 26.1 Å². The van der Waals surface area contributed by atoms with Gasteiger partial charge in [-0.1, -0.05) is 32.9 Å². The highest BCUT2D eigenvalue weighted by Crippen LogP contribution is 2.45. The molecule has 0 amide bonds. The van der Waals surface area contributed by atoms with Crippen molar-refractivity contribution in [2.45, 2.75) is 52.5 Å². The number of carbonyl (C=O) groups is 1. The molecule has 2 rings (SSSR count). The van der Waals surface area contributed by atoms with Gasteiger partial charge in [-0.15, -0.1) is 0 Å². The van der Waals surface area contributed by atoms with E-state index in [0.717, 1.165) is 17.7 Å². The van der Waals surface area contributed by atoms with Crippen LogP contribution in [0.5, 0.6) is 0 Å². The van der Waals surface area contributed by atoms with E-state index in [4.69, 9.17) is 0 Å². The molecule has 0 spiro atoms. The average molecular weight is 275 g/mol. The van der Waals surface area contributed by atoms with E-state index < -0.39 is 11.5 Å². The summed E-state index contributed by atoms with van der Waals surface area (Å²) in [6, 6.07) is 7.94. The molecule has 1 aliphatic carbocycles. The van der Waals surface area contributed by atoms with Crippen molar-refractivity contribution in [2.75, 3.05) is 5.32 Å². The minimum absolute atomic E-state index is 0.0485. The fourth-order valence-electron chi connectivity index (χ4n) is 3.88. The highest BCUT2D eigenvalue weighted by molar-refractivity contribution is 5.83. The predicted molar refractivity (Wildman–Crippen MR) is 82.0 cm³/mol. The molecule has 2 N–H and O–H groups in total. The van der Waals surface area contributed by atoms with Gasteiger partial charge < -0.3 is 10.4 Å². The number of anilines is 1. The average Bonchev–Trinajstić information content (AvgIpc) is 2.25. The van der Waals surface area contributed by atoms with E-state index in [1.54, 1.807) is 0 Å². The first-order valence-corrected chi connectivity index (χ1v) is 7.31. The van der Waals surface area contributed by atoms with Crippen molar-refractivity contribution >= 4 is 11.7 Å². The van der Waals surface area contributed by atoms with Crippen LogP contribution in [0.4, 0.5) is 5.69 Å². The van der Waals surface area contributed by atoms with E-state index >= 15 is 0 Å². The Bertz CT molecular complexity index is 509. The second-order valence-electron chi connectivity index (χ2n) is 7.24. The topological polar surface area (TPSA) is 49.3 Å². The van der Waals surface area contributed by atoms with Crippen molar-refractivity contribution in [2.24, 2.45) is 11.3 Å². The van der Waals surface area contributed by atoms with Crippen molar-refractivity contribution < 1.29 is 9.90 Å². The zero-order valence-corrected chi connectivity index (χ0v) is 12.9. The van der Waals surface area contributed by atoms with Crippen molar-refractivity contribution in [3.05, 3.63) is 29.8 Å². The molecular weight excluding hydrogens is 250 g/mol. The molecule has 0 bridgehead atoms. The third-order valence-electron chi connectivity index (χ3n) is 4.19. The normalized spacial score (nSPS) is 28.9. The van der Waals surface area contributed by atoms with Crippen LogP contribution >= 0.6 is 0 Å². The second-order valence-corrected chi connectivity index (χ2v) is 7.24. The van der Waals surface area contributed by atoms with Crippen LogP contribution in [0.15, 0.2) is 24.3 Å². The van der Waals surface area contributed by atoms with E-state index in [-0.39, 0.29) is 5.41 Å². The highest BCUT2D eigenvalue weighted by atomic mass is 16.4. The molecule has 1 aromatic carbocycles. The van der Waals surface area contributed by atoms with Crippen molar-refractivity contribution in [3.8, 4) is 0 Å². The monoisotopic (exact) mass is 275 g/mol. The molecule has 3 nitrogen and oxygen atoms in total. The molecule has 110 valence electrons. The first-order chi connectivity index (χ1) is 9.22. The summed E-state index contributed by atoms with van der Waals surface area (Å²) in [5.74, 6) is -0.328. The molecule has 0 aliphatic heterocycles. The smallest absolute Gasteiger partial charge is 0.329 e. The SMILES string of the molecule is Cc1cccc(NC2(C(=O)O)CC(C)CC(C)(C)C2)c1. The maximum absolute atomic E-state index is 11.9. The van der Waals surface area contributed by atoms with Gasteiger partial charge in [0.05, 0.1) is 0 Å². The molecule has 1 aromatic rings. The molecule has 2 atom stereocenters. The van der Waals surface area contributed by atoms with Crippen molar-refractivity contribution in [3.63, 3.8) is 0 Å². The summed E-state index contributed by atoms with van der Waals surface area (Å²) in [6.07, 6.45) is 2.42. The highest BCUT2D eigenvalue weighted by Gasteiger charge is 2.48. The third kappa shape index (κ3) is 3.14. The Kier molecular flexibility index (Phi) is 3.81. The molecule has 0 heterocycles. The van der Waals surface area contributed by atoms with Gasteiger partial charge in [-0.05, 0) is 55.2 Å². The van der Waals surface area contributed by atoms with Gasteiger partial charge in [-0.2, -0.15) is 0 Å². The molecular formula is C17H25NO2. The summed E-state index contributed by atoms with van der Waals surface area (Å²) in [5, 5.41) is 13.1. The zero-order valence-electron chi connectivity index (χ0n) is 12.9. The van der Waals surface area contributed by atoms with Crippen LogP contribution in [0.2, 0.25) is 0 Å². The largest absolute Gasteiger partial charge is 0.480 e. The number of aliphatic carboxylic acids is 1. The van der Waals surface area contributed by atoms with Gasteiger partial charge in [-0.25, -0.2) is 4.79 Å². The summed E-state index contributed by atoms with van der Waals surface area (Å²) in [4.78, 5) is 11.9. The Labute approximate surface area is 121 Å². The lowest BCUT2D eigenvalue weighted by molar-refractivity contribution is -0.145. The van der Waals surface area contributed by atoms with Crippen molar-refractivity contribution in [1.82, 2.24) is 0 Å². The fourth-order valence-corrected chi connectivity index (χ4v) is 3.88. The van der Waals surface area contributed by atoms with Crippen LogP contribution in [-0.4, -0.2) is 16.6 Å². The predicted octanol–water partition coefficient (Wildman–Crippen LogP) is 4.08. The van der Waals surface area contributed by atoms with Gasteiger partial charge in [0, 0.05) is 5.69 Å². The Hall–Kier alpha value is -1.51. The van der Waals surface area contributed by atoms with Crippen LogP contribution in [0, 0.1) is 18.3 Å². The van der Waals surface area contributed by atoms with Gasteiger partial charge in [0.15, 0.2) is 0 Å². The minimum Gasteiger partial charge on any atom is -0.480 e. The van der Waals surface area contributed by atoms with Gasteiger partial charge in [0.25, 0.3) is 0 Å². The molecule has 0 aromatic heterocycles. The maximum atomic E-state index is 11.9. The molecule has 0 radical (unpaired) electrons. The van der Waals surface area contributed by atoms with E-state index in [1.165, 1.54) is 0 Å². The van der Waals surface area contributed by atoms with Gasteiger partial charge >= 0.3 is 5.97 Å². The molecule has 2 unspecified atom stereocenters. The molecule has 0 saturated heterocycles. The van der Waals surface area contributed by atoms with Crippen LogP contribution in [0.25, 0.3) is 0 Å². The quantitative estimate of drug-likeness (QED) is 0.874. The number of hydrogen-bond acceptors (Lipinski definition) is 2. The van der Waals surface area contributed by atoms with Crippen LogP contribution in [0.3, 0.4) is 0 Å². The first-order valence-electron chi connectivity index (χ1n) is 7.31. The fraction of sp³-hybridized carbons (Fsp3) is 0.588. The van der Waals surface area contributed by atoms with E-state index in [0.29, 0.717) is 18.8 Å². The number of carboxylic acids is 1. The lowest BCUT2D eigenvalue weighted by atomic mass is 9.64. The Balaban J connectivity index is 2.32. The summed E-state index contributed by atoms with van der Waals surface area (Å²) >= 11 is 0. The molecule has 1 fully saturated rings.